The van der Waals surface area contributed by atoms with E-state index in [4.69, 9.17) is 21.7 Å². The van der Waals surface area contributed by atoms with Crippen molar-refractivity contribution < 1.29 is 39.0 Å². The molecule has 0 saturated heterocycles. The van der Waals surface area contributed by atoms with Gasteiger partial charge in [0, 0.05) is 35.7 Å². The molecule has 0 fully saturated rings. The number of fused-ring (bicyclic) bond motifs is 2. The third-order valence-corrected chi connectivity index (χ3v) is 10.3. The lowest BCUT2D eigenvalue weighted by molar-refractivity contribution is -0.140. The Morgan fingerprint density at radius 1 is 0.558 bits per heavy atom. The molecule has 10 N–H and O–H groups in total. The Labute approximate surface area is 307 Å². The minimum Gasteiger partial charge on any atom is -0.480 e. The predicted molar refractivity (Wildman–Crippen MR) is 204 cm³/mol. The third kappa shape index (κ3) is 12.3. The molecule has 14 nitrogen and oxygen atoms in total. The second-order valence-corrected chi connectivity index (χ2v) is 14.4. The van der Waals surface area contributed by atoms with E-state index in [-0.39, 0.29) is 37.2 Å². The van der Waals surface area contributed by atoms with Gasteiger partial charge in [0.1, 0.15) is 24.2 Å². The molecule has 4 atom stereocenters. The fourth-order valence-corrected chi connectivity index (χ4v) is 7.27. The van der Waals surface area contributed by atoms with Crippen LogP contribution in [0.5, 0.6) is 0 Å². The van der Waals surface area contributed by atoms with E-state index in [1.54, 1.807) is 24.3 Å². The number of carbonyl (C=O) groups is 6. The number of carboxylic acids is 2. The van der Waals surface area contributed by atoms with Crippen molar-refractivity contribution in [3.05, 3.63) is 84.9 Å². The van der Waals surface area contributed by atoms with Crippen LogP contribution in [0.15, 0.2) is 84.9 Å². The van der Waals surface area contributed by atoms with Crippen molar-refractivity contribution in [3.8, 4) is 0 Å². The van der Waals surface area contributed by atoms with E-state index in [1.807, 2.05) is 60.7 Å². The second-order valence-electron chi connectivity index (χ2n) is 11.9. The molecule has 52 heavy (non-hydrogen) atoms. The summed E-state index contributed by atoms with van der Waals surface area (Å²) < 4.78 is 0. The van der Waals surface area contributed by atoms with Crippen molar-refractivity contribution in [3.63, 3.8) is 0 Å². The highest BCUT2D eigenvalue weighted by atomic mass is 33.1. The maximum Gasteiger partial charge on any atom is 0.320 e. The zero-order chi connectivity index (χ0) is 37.6. The van der Waals surface area contributed by atoms with Crippen LogP contribution in [0, 0.1) is 0 Å². The van der Waals surface area contributed by atoms with Crippen LogP contribution in [0.25, 0.3) is 21.5 Å². The molecule has 4 amide bonds. The van der Waals surface area contributed by atoms with Crippen LogP contribution >= 0.6 is 21.6 Å². The van der Waals surface area contributed by atoms with E-state index in [9.17, 15) is 28.8 Å². The van der Waals surface area contributed by atoms with Gasteiger partial charge in [-0.15, -0.1) is 0 Å². The van der Waals surface area contributed by atoms with E-state index in [1.165, 1.54) is 21.6 Å². The van der Waals surface area contributed by atoms with Crippen molar-refractivity contribution in [1.82, 2.24) is 10.6 Å². The standard InChI is InChI=1S/C36H40N6O8S2/c37-27(35(47)48)13-15-31(43)41-29(33(45)39-25-11-9-21-5-1-3-7-23(21)17-25)19-51-52-20-30(42-32(44)16-14-28(38)36(49)50)34(46)40-26-12-10-22-6-2-4-8-24(22)18-26/h1-12,17-18,27-30H,13-16,19-20,37-38H2,(H,39,45)(H,40,46)(H,41,43)(H,42,44)(H,47,48)(H,49,50)/t27-,28-,29-,30-/m0/s1. The van der Waals surface area contributed by atoms with E-state index in [0.29, 0.717) is 11.4 Å². The van der Waals surface area contributed by atoms with Gasteiger partial charge in [0.15, 0.2) is 0 Å². The molecule has 0 saturated carbocycles. The van der Waals surface area contributed by atoms with Gasteiger partial charge in [-0.25, -0.2) is 0 Å². The molecule has 274 valence electrons. The molecule has 0 aliphatic heterocycles. The molecule has 0 aliphatic carbocycles. The Bertz CT molecular complexity index is 1790. The smallest absolute Gasteiger partial charge is 0.320 e. The van der Waals surface area contributed by atoms with Gasteiger partial charge in [0.05, 0.1) is 0 Å². The van der Waals surface area contributed by atoms with E-state index in [2.05, 4.69) is 21.3 Å². The number of aliphatic carboxylic acids is 2. The Hall–Kier alpha value is -5.16. The molecule has 16 heteroatoms. The number of carbonyl (C=O) groups excluding carboxylic acids is 4. The first-order valence-electron chi connectivity index (χ1n) is 16.3. The number of hydrogen-bond acceptors (Lipinski definition) is 10. The van der Waals surface area contributed by atoms with Crippen LogP contribution in [-0.4, -0.2) is 81.5 Å². The average Bonchev–Trinajstić information content (AvgIpc) is 3.13. The summed E-state index contributed by atoms with van der Waals surface area (Å²) in [5.41, 5.74) is 12.1. The summed E-state index contributed by atoms with van der Waals surface area (Å²) in [6.07, 6.45) is -0.709. The van der Waals surface area contributed by atoms with Gasteiger partial charge in [-0.3, -0.25) is 28.8 Å². The number of benzene rings is 4. The first-order valence-corrected chi connectivity index (χ1v) is 18.8. The first kappa shape index (κ1) is 39.6. The minimum absolute atomic E-state index is 0.0429. The normalized spacial score (nSPS) is 13.3. The topological polar surface area (TPSA) is 243 Å². The number of carboxylic acid groups (broad SMARTS) is 2. The lowest BCUT2D eigenvalue weighted by Crippen LogP contribution is -2.46. The highest BCUT2D eigenvalue weighted by Gasteiger charge is 2.25. The molecular formula is C36H40N6O8S2. The van der Waals surface area contributed by atoms with Gasteiger partial charge in [-0.2, -0.15) is 0 Å². The van der Waals surface area contributed by atoms with Gasteiger partial charge < -0.3 is 42.9 Å². The summed E-state index contributed by atoms with van der Waals surface area (Å²) in [5, 5.41) is 32.8. The minimum atomic E-state index is -1.25. The van der Waals surface area contributed by atoms with Crippen LogP contribution in [0.3, 0.4) is 0 Å². The summed E-state index contributed by atoms with van der Waals surface area (Å²) in [6, 6.07) is 21.4. The summed E-state index contributed by atoms with van der Waals surface area (Å²) >= 11 is 0. The number of anilines is 2. The molecule has 0 bridgehead atoms. The largest absolute Gasteiger partial charge is 0.480 e. The second kappa shape index (κ2) is 19.4. The van der Waals surface area contributed by atoms with Gasteiger partial charge in [0.2, 0.25) is 23.6 Å². The zero-order valence-electron chi connectivity index (χ0n) is 28.0. The summed E-state index contributed by atoms with van der Waals surface area (Å²) in [4.78, 5) is 74.7. The number of hydrogen-bond donors (Lipinski definition) is 8. The highest BCUT2D eigenvalue weighted by molar-refractivity contribution is 8.76. The molecule has 0 unspecified atom stereocenters. The first-order chi connectivity index (χ1) is 24.9. The Balaban J connectivity index is 1.43. The quantitative estimate of drug-likeness (QED) is 0.0509. The van der Waals surface area contributed by atoms with Crippen LogP contribution in [0.4, 0.5) is 11.4 Å². The van der Waals surface area contributed by atoms with Crippen molar-refractivity contribution in [2.45, 2.75) is 49.9 Å². The number of nitrogens with one attached hydrogen (secondary N) is 4. The van der Waals surface area contributed by atoms with Gasteiger partial charge in [-0.1, -0.05) is 82.3 Å². The van der Waals surface area contributed by atoms with Gasteiger partial charge in [-0.05, 0) is 58.7 Å². The van der Waals surface area contributed by atoms with Crippen LogP contribution in [0.2, 0.25) is 0 Å². The lowest BCUT2D eigenvalue weighted by atomic mass is 10.1. The number of nitrogens with two attached hydrogens (primary N) is 2. The Kier molecular flexibility index (Phi) is 14.8. The number of rotatable bonds is 19. The molecule has 0 heterocycles. The zero-order valence-corrected chi connectivity index (χ0v) is 29.6. The SMILES string of the molecule is N[C@@H](CCC(=O)N[C@@H](CSSC[C@H](NC(=O)CC[C@H](N)C(=O)O)C(=O)Nc1ccc2ccccc2c1)C(=O)Nc1ccc2ccccc2c1)C(=O)O. The predicted octanol–water partition coefficient (Wildman–Crippen LogP) is 3.31. The van der Waals surface area contributed by atoms with Crippen LogP contribution in [0.1, 0.15) is 25.7 Å². The molecule has 4 aromatic rings. The molecule has 4 rings (SSSR count). The third-order valence-electron chi connectivity index (χ3n) is 7.89. The van der Waals surface area contributed by atoms with Crippen LogP contribution in [-0.2, 0) is 28.8 Å². The molecule has 4 aromatic carbocycles. The summed E-state index contributed by atoms with van der Waals surface area (Å²) in [5.74, 6) is -4.59. The van der Waals surface area contributed by atoms with E-state index >= 15 is 0 Å². The van der Waals surface area contributed by atoms with Gasteiger partial charge in [0.25, 0.3) is 0 Å². The monoisotopic (exact) mass is 748 g/mol. The van der Waals surface area contributed by atoms with Crippen molar-refractivity contribution >= 4 is 90.1 Å². The molecule has 0 radical (unpaired) electrons. The maximum absolute atomic E-state index is 13.4. The fourth-order valence-electron chi connectivity index (χ4n) is 4.94. The Morgan fingerprint density at radius 2 is 0.923 bits per heavy atom. The molecule has 0 aromatic heterocycles. The van der Waals surface area contributed by atoms with Crippen molar-refractivity contribution in [2.75, 3.05) is 22.1 Å². The van der Waals surface area contributed by atoms with Crippen molar-refractivity contribution in [1.29, 1.82) is 0 Å². The number of amides is 4. The molecular weight excluding hydrogens is 709 g/mol. The van der Waals surface area contributed by atoms with Crippen molar-refractivity contribution in [2.24, 2.45) is 11.5 Å². The van der Waals surface area contributed by atoms with Crippen LogP contribution < -0.4 is 32.7 Å². The van der Waals surface area contributed by atoms with Gasteiger partial charge >= 0.3 is 11.9 Å². The maximum atomic E-state index is 13.4. The van der Waals surface area contributed by atoms with E-state index in [0.717, 1.165) is 21.5 Å². The average molecular weight is 749 g/mol. The van der Waals surface area contributed by atoms with E-state index < -0.39 is 59.7 Å². The lowest BCUT2D eigenvalue weighted by Gasteiger charge is -2.20. The molecule has 0 aliphatic rings. The Morgan fingerprint density at radius 3 is 1.29 bits per heavy atom. The fraction of sp³-hybridized carbons (Fsp3) is 0.278. The molecule has 0 spiro atoms. The highest BCUT2D eigenvalue weighted by Crippen LogP contribution is 2.25. The summed E-state index contributed by atoms with van der Waals surface area (Å²) in [6.45, 7) is 0. The summed E-state index contributed by atoms with van der Waals surface area (Å²) in [7, 11) is 2.34.